The van der Waals surface area contributed by atoms with Crippen molar-refractivity contribution in [2.45, 2.75) is 244 Å². The summed E-state index contributed by atoms with van der Waals surface area (Å²) < 4.78 is 13.6. The first-order valence-corrected chi connectivity index (χ1v) is 29.0. The van der Waals surface area contributed by atoms with Gasteiger partial charge in [0.05, 0.1) is 18.2 Å². The maximum atomic E-state index is 13.9. The second-order valence-electron chi connectivity index (χ2n) is 20.3. The van der Waals surface area contributed by atoms with E-state index in [0.29, 0.717) is 18.4 Å². The van der Waals surface area contributed by atoms with E-state index in [0.717, 1.165) is 48.9 Å². The highest BCUT2D eigenvalue weighted by atomic mass is 28.4. The quantitative estimate of drug-likeness (QED) is 0.0338. The van der Waals surface area contributed by atoms with Gasteiger partial charge in [-0.1, -0.05) is 274 Å². The lowest BCUT2D eigenvalue weighted by atomic mass is 9.98. The van der Waals surface area contributed by atoms with Crippen molar-refractivity contribution >= 4 is 30.6 Å². The molecule has 0 aromatic heterocycles. The molecule has 370 valence electrons. The van der Waals surface area contributed by atoms with Crippen LogP contribution in [0, 0.1) is 0 Å². The van der Waals surface area contributed by atoms with Gasteiger partial charge in [-0.15, -0.1) is 0 Å². The highest BCUT2D eigenvalue weighted by molar-refractivity contribution is 6.99. The number of nitrogens with one attached hydrogen (secondary N) is 1. The number of rotatable bonds is 39. The van der Waals surface area contributed by atoms with Crippen LogP contribution in [-0.4, -0.2) is 50.2 Å². The van der Waals surface area contributed by atoms with Crippen molar-refractivity contribution < 1.29 is 23.9 Å². The van der Waals surface area contributed by atoms with Crippen molar-refractivity contribution in [1.29, 1.82) is 0 Å². The molecule has 0 radical (unpaired) electrons. The molecule has 0 heterocycles. The Morgan fingerprint density at radius 3 is 1.29 bits per heavy atom. The van der Waals surface area contributed by atoms with Gasteiger partial charge in [0.2, 0.25) is 5.91 Å². The molecule has 2 N–H and O–H groups in total. The van der Waals surface area contributed by atoms with Gasteiger partial charge in [-0.2, -0.15) is 0 Å². The van der Waals surface area contributed by atoms with Crippen LogP contribution in [0.2, 0.25) is 5.04 Å². The summed E-state index contributed by atoms with van der Waals surface area (Å²) in [7, 11) is -3.02. The smallest absolute Gasteiger partial charge is 0.338 e. The molecular weight excluding hydrogens is 831 g/mol. The van der Waals surface area contributed by atoms with Crippen molar-refractivity contribution in [3.8, 4) is 0 Å². The third-order valence-corrected chi connectivity index (χ3v) is 18.7. The molecule has 0 aliphatic carbocycles. The van der Waals surface area contributed by atoms with Crippen LogP contribution in [0.3, 0.4) is 0 Å². The second-order valence-corrected chi connectivity index (χ2v) is 24.6. The zero-order valence-corrected chi connectivity index (χ0v) is 43.7. The van der Waals surface area contributed by atoms with Crippen molar-refractivity contribution in [2.75, 3.05) is 6.61 Å². The number of aliphatic hydroxyl groups excluding tert-OH is 1. The molecule has 0 fully saturated rings. The lowest BCUT2D eigenvalue weighted by molar-refractivity contribution is -0.124. The van der Waals surface area contributed by atoms with Gasteiger partial charge in [-0.3, -0.25) is 4.79 Å². The SMILES string of the molecule is CCCCCCCCCCCCCCCCCC(=O)N[C@@H](CO[Si](c1ccccc1)(c1ccccc1)C(C)(C)C)[C@H](O)[C@@H](CCCCCCCCCCCCCC)OC(=O)c1ccccc1. The summed E-state index contributed by atoms with van der Waals surface area (Å²) in [6.07, 6.45) is 32.5. The number of esters is 1. The van der Waals surface area contributed by atoms with Crippen LogP contribution in [0.25, 0.3) is 0 Å². The fraction of sp³-hybridized carbons (Fsp3) is 0.661. The van der Waals surface area contributed by atoms with Crippen molar-refractivity contribution in [2.24, 2.45) is 0 Å². The molecule has 7 heteroatoms. The number of hydrogen-bond donors (Lipinski definition) is 2. The van der Waals surface area contributed by atoms with Crippen molar-refractivity contribution in [1.82, 2.24) is 5.32 Å². The third-order valence-electron chi connectivity index (χ3n) is 13.7. The Kier molecular flexibility index (Phi) is 30.2. The maximum absolute atomic E-state index is 13.9. The fourth-order valence-electron chi connectivity index (χ4n) is 9.66. The normalized spacial score (nSPS) is 13.3. The van der Waals surface area contributed by atoms with E-state index in [1.165, 1.54) is 135 Å². The molecule has 0 saturated carbocycles. The number of unbranched alkanes of at least 4 members (excludes halogenated alkanes) is 25. The lowest BCUT2D eigenvalue weighted by Gasteiger charge is -2.44. The largest absolute Gasteiger partial charge is 0.456 e. The van der Waals surface area contributed by atoms with Crippen molar-refractivity contribution in [3.05, 3.63) is 96.6 Å². The highest BCUT2D eigenvalue weighted by Crippen LogP contribution is 2.37. The summed E-state index contributed by atoms with van der Waals surface area (Å²) in [5.41, 5.74) is 0.446. The number of hydrogen-bond acceptors (Lipinski definition) is 5. The van der Waals surface area contributed by atoms with Gasteiger partial charge in [0.1, 0.15) is 12.2 Å². The lowest BCUT2D eigenvalue weighted by Crippen LogP contribution is -2.68. The summed E-state index contributed by atoms with van der Waals surface area (Å²) in [6.45, 7) is 11.3. The molecule has 0 bridgehead atoms. The summed E-state index contributed by atoms with van der Waals surface area (Å²) >= 11 is 0. The first-order chi connectivity index (χ1) is 32.1. The fourth-order valence-corrected chi connectivity index (χ4v) is 14.2. The predicted octanol–water partition coefficient (Wildman–Crippen LogP) is 15.0. The Bertz CT molecular complexity index is 1590. The van der Waals surface area contributed by atoms with Gasteiger partial charge in [0.25, 0.3) is 8.32 Å². The van der Waals surface area contributed by atoms with Crippen LogP contribution < -0.4 is 15.7 Å². The Labute approximate surface area is 405 Å². The Morgan fingerprint density at radius 1 is 0.530 bits per heavy atom. The molecule has 6 nitrogen and oxygen atoms in total. The molecule has 3 aromatic carbocycles. The topological polar surface area (TPSA) is 84.9 Å². The van der Waals surface area contributed by atoms with E-state index in [2.05, 4.69) is 88.5 Å². The minimum absolute atomic E-state index is 0.0802. The van der Waals surface area contributed by atoms with E-state index in [1.54, 1.807) is 12.1 Å². The molecule has 3 rings (SSSR count). The minimum Gasteiger partial charge on any atom is -0.456 e. The predicted molar refractivity (Wildman–Crippen MR) is 282 cm³/mol. The minimum atomic E-state index is -3.02. The van der Waals surface area contributed by atoms with Crippen LogP contribution >= 0.6 is 0 Å². The summed E-state index contributed by atoms with van der Waals surface area (Å²) in [5, 5.41) is 17.7. The number of amides is 1. The van der Waals surface area contributed by atoms with Crippen LogP contribution in [0.15, 0.2) is 91.0 Å². The molecule has 3 aromatic rings. The number of carbonyl (C=O) groups is 2. The van der Waals surface area contributed by atoms with Crippen LogP contribution in [0.4, 0.5) is 0 Å². The average Bonchev–Trinajstić information content (AvgIpc) is 3.32. The summed E-state index contributed by atoms with van der Waals surface area (Å²) in [4.78, 5) is 27.6. The van der Waals surface area contributed by atoms with Crippen molar-refractivity contribution in [3.63, 3.8) is 0 Å². The van der Waals surface area contributed by atoms with Gasteiger partial charge in [0, 0.05) is 6.42 Å². The molecule has 0 saturated heterocycles. The Hall–Kier alpha value is -3.26. The van der Waals surface area contributed by atoms with Gasteiger partial charge in [-0.05, 0) is 46.8 Å². The maximum Gasteiger partial charge on any atom is 0.338 e. The molecule has 0 aliphatic rings. The number of benzene rings is 3. The third kappa shape index (κ3) is 22.2. The van der Waals surface area contributed by atoms with E-state index >= 15 is 0 Å². The van der Waals surface area contributed by atoms with Gasteiger partial charge >= 0.3 is 5.97 Å². The molecule has 66 heavy (non-hydrogen) atoms. The van der Waals surface area contributed by atoms with Crippen LogP contribution in [-0.2, 0) is 14.0 Å². The number of aliphatic hydroxyl groups is 1. The standard InChI is InChI=1S/C59H95NO5Si/c1-6-8-10-12-14-16-18-20-21-22-24-26-28-30-41-49-56(61)60-54(50-64-66(59(3,4)5,52-44-36-32-37-45-52)53-46-38-33-39-47-53)57(62)55(65-58(63)51-42-34-31-35-43-51)48-40-29-27-25-23-19-17-15-13-11-9-7-2/h31-39,42-47,54-55,57,62H,6-30,40-41,48-50H2,1-5H3,(H,60,61)/t54-,55+,57-/m0/s1. The molecule has 1 amide bonds. The molecular formula is C59H95NO5Si. The molecule has 0 aliphatic heterocycles. The van der Waals surface area contributed by atoms with E-state index in [1.807, 2.05) is 30.3 Å². The number of carbonyl (C=O) groups excluding carboxylic acids is 2. The first-order valence-electron chi connectivity index (χ1n) is 27.1. The Balaban J connectivity index is 1.71. The van der Waals surface area contributed by atoms with Gasteiger partial charge in [-0.25, -0.2) is 4.79 Å². The summed E-state index contributed by atoms with van der Waals surface area (Å²) in [5.74, 6) is -0.562. The summed E-state index contributed by atoms with van der Waals surface area (Å²) in [6, 6.07) is 29.2. The van der Waals surface area contributed by atoms with Gasteiger partial charge in [0.15, 0.2) is 0 Å². The highest BCUT2D eigenvalue weighted by Gasteiger charge is 2.51. The second kappa shape index (κ2) is 34.9. The zero-order valence-electron chi connectivity index (χ0n) is 42.7. The van der Waals surface area contributed by atoms with Crippen LogP contribution in [0.5, 0.6) is 0 Å². The average molecular weight is 926 g/mol. The monoisotopic (exact) mass is 926 g/mol. The molecule has 0 unspecified atom stereocenters. The van der Waals surface area contributed by atoms with E-state index in [9.17, 15) is 14.7 Å². The first kappa shape index (κ1) is 57.1. The van der Waals surface area contributed by atoms with E-state index in [4.69, 9.17) is 9.16 Å². The zero-order chi connectivity index (χ0) is 47.6. The molecule has 0 spiro atoms. The van der Waals surface area contributed by atoms with Gasteiger partial charge < -0.3 is 19.6 Å². The Morgan fingerprint density at radius 2 is 0.894 bits per heavy atom. The molecule has 3 atom stereocenters. The van der Waals surface area contributed by atoms with E-state index < -0.39 is 32.5 Å². The van der Waals surface area contributed by atoms with Crippen LogP contribution in [0.1, 0.15) is 231 Å². The van der Waals surface area contributed by atoms with E-state index in [-0.39, 0.29) is 17.6 Å². The number of ether oxygens (including phenoxy) is 1.